The van der Waals surface area contributed by atoms with Gasteiger partial charge in [0.25, 0.3) is 0 Å². The topological polar surface area (TPSA) is 97.1 Å². The van der Waals surface area contributed by atoms with Gasteiger partial charge in [-0.25, -0.2) is 8.42 Å². The molecule has 9 heteroatoms. The summed E-state index contributed by atoms with van der Waals surface area (Å²) in [5, 5.41) is 1.82. The van der Waals surface area contributed by atoms with E-state index in [4.69, 9.17) is 9.15 Å². The molecule has 0 radical (unpaired) electrons. The summed E-state index contributed by atoms with van der Waals surface area (Å²) in [6.45, 7) is 2.24. The molecule has 1 aliphatic heterocycles. The number of ether oxygens (including phenoxy) is 1. The van der Waals surface area contributed by atoms with Crippen molar-refractivity contribution in [1.82, 2.24) is 9.21 Å². The Balaban J connectivity index is 1.36. The van der Waals surface area contributed by atoms with E-state index in [-0.39, 0.29) is 36.1 Å². The van der Waals surface area contributed by atoms with Gasteiger partial charge in [-0.3, -0.25) is 9.59 Å². The van der Waals surface area contributed by atoms with E-state index in [1.807, 2.05) is 61.5 Å². The van der Waals surface area contributed by atoms with Crippen molar-refractivity contribution >= 4 is 37.7 Å². The van der Waals surface area contributed by atoms with Crippen LogP contribution in [-0.2, 0) is 32.6 Å². The lowest BCUT2D eigenvalue weighted by Gasteiger charge is -2.29. The number of sulfonamides is 1. The Bertz CT molecular complexity index is 1960. The third kappa shape index (κ3) is 6.31. The Morgan fingerprint density at radius 3 is 2.48 bits per heavy atom. The van der Waals surface area contributed by atoms with Crippen LogP contribution in [0.3, 0.4) is 0 Å². The van der Waals surface area contributed by atoms with Crippen LogP contribution >= 0.6 is 0 Å². The Morgan fingerprint density at radius 2 is 1.68 bits per heavy atom. The molecule has 1 atom stereocenters. The lowest BCUT2D eigenvalue weighted by Crippen LogP contribution is -2.45. The molecule has 6 rings (SSSR count). The number of carbonyl (C=O) groups is 1. The molecule has 1 unspecified atom stereocenters. The number of hydrogen-bond donors (Lipinski definition) is 0. The highest BCUT2D eigenvalue weighted by Crippen LogP contribution is 2.27. The molecular weight excluding hydrogens is 576 g/mol. The first-order valence-corrected chi connectivity index (χ1v) is 16.2. The van der Waals surface area contributed by atoms with Crippen LogP contribution in [0.5, 0.6) is 0 Å². The molecule has 226 valence electrons. The van der Waals surface area contributed by atoms with Gasteiger partial charge >= 0.3 is 0 Å². The second-order valence-electron chi connectivity index (χ2n) is 11.2. The van der Waals surface area contributed by atoms with E-state index in [0.717, 1.165) is 22.9 Å². The van der Waals surface area contributed by atoms with Gasteiger partial charge in [-0.2, -0.15) is 4.31 Å². The highest BCUT2D eigenvalue weighted by Gasteiger charge is 2.33. The molecule has 1 aromatic heterocycles. The van der Waals surface area contributed by atoms with Gasteiger partial charge in [0.1, 0.15) is 5.58 Å². The van der Waals surface area contributed by atoms with Crippen LogP contribution in [0.25, 0.3) is 21.7 Å². The van der Waals surface area contributed by atoms with Crippen LogP contribution in [-0.4, -0.2) is 49.3 Å². The van der Waals surface area contributed by atoms with Crippen LogP contribution in [0.15, 0.2) is 111 Å². The van der Waals surface area contributed by atoms with Crippen molar-refractivity contribution in [2.24, 2.45) is 0 Å². The molecule has 0 aliphatic carbocycles. The minimum absolute atomic E-state index is 0.0397. The van der Waals surface area contributed by atoms with Crippen molar-refractivity contribution < 1.29 is 22.4 Å². The number of nitrogens with zero attached hydrogens (tertiary/aromatic N) is 2. The maximum absolute atomic E-state index is 14.3. The van der Waals surface area contributed by atoms with Gasteiger partial charge in [0.2, 0.25) is 15.9 Å². The number of fused-ring (bicyclic) bond motifs is 2. The fourth-order valence-corrected chi connectivity index (χ4v) is 7.35. The zero-order chi connectivity index (χ0) is 30.7. The summed E-state index contributed by atoms with van der Waals surface area (Å²) >= 11 is 0. The lowest BCUT2D eigenvalue weighted by molar-refractivity contribution is -0.132. The van der Waals surface area contributed by atoms with E-state index in [1.54, 1.807) is 36.4 Å². The summed E-state index contributed by atoms with van der Waals surface area (Å²) in [7, 11) is -4.11. The molecule has 2 heterocycles. The summed E-state index contributed by atoms with van der Waals surface area (Å²) in [5.41, 5.74) is 2.33. The van der Waals surface area contributed by atoms with Gasteiger partial charge in [0, 0.05) is 25.1 Å². The second-order valence-corrected chi connectivity index (χ2v) is 13.1. The van der Waals surface area contributed by atoms with Crippen LogP contribution in [0, 0.1) is 6.92 Å². The smallest absolute Gasteiger partial charge is 0.244 e. The first-order chi connectivity index (χ1) is 21.3. The van der Waals surface area contributed by atoms with Gasteiger partial charge in [-0.15, -0.1) is 0 Å². The Kier molecular flexibility index (Phi) is 8.61. The van der Waals surface area contributed by atoms with Crippen LogP contribution < -0.4 is 5.43 Å². The average molecular weight is 611 g/mol. The standard InChI is InChI=1S/C35H34N2O6S/c1-25-16-17-32-31(19-25)35(39)28(24-43-32)21-36(20-26-9-3-2-4-10-26)34(38)23-37(22-29-13-8-18-42-29)44(40,41)33-15-7-12-27-11-5-6-14-30(27)33/h2-7,9-12,14-17,19,24,29H,8,13,18,20-23H2,1H3. The third-order valence-electron chi connectivity index (χ3n) is 8.04. The van der Waals surface area contributed by atoms with E-state index >= 15 is 0 Å². The molecule has 0 spiro atoms. The quantitative estimate of drug-likeness (QED) is 0.203. The highest BCUT2D eigenvalue weighted by molar-refractivity contribution is 7.89. The monoisotopic (exact) mass is 610 g/mol. The SMILES string of the molecule is Cc1ccc2occ(CN(Cc3ccccc3)C(=O)CN(CC3CCCO3)S(=O)(=O)c3cccc4ccccc34)c(=O)c2c1. The molecule has 1 fully saturated rings. The van der Waals surface area contributed by atoms with E-state index in [9.17, 15) is 18.0 Å². The van der Waals surface area contributed by atoms with Gasteiger partial charge < -0.3 is 14.1 Å². The Hall–Kier alpha value is -4.31. The molecule has 4 aromatic carbocycles. The first kappa shape index (κ1) is 29.7. The summed E-state index contributed by atoms with van der Waals surface area (Å²) < 4.78 is 41.4. The molecule has 1 amide bonds. The lowest BCUT2D eigenvalue weighted by atomic mass is 10.1. The molecule has 44 heavy (non-hydrogen) atoms. The predicted octanol–water partition coefficient (Wildman–Crippen LogP) is 5.65. The van der Waals surface area contributed by atoms with E-state index in [2.05, 4.69) is 0 Å². The van der Waals surface area contributed by atoms with Gasteiger partial charge in [0.05, 0.1) is 41.3 Å². The Labute approximate surface area is 256 Å². The van der Waals surface area contributed by atoms with Crippen molar-refractivity contribution in [2.45, 2.75) is 43.9 Å². The number of hydrogen-bond acceptors (Lipinski definition) is 6. The molecule has 0 bridgehead atoms. The van der Waals surface area contributed by atoms with E-state index in [0.29, 0.717) is 34.9 Å². The molecular formula is C35H34N2O6S. The fourth-order valence-electron chi connectivity index (χ4n) is 5.71. The van der Waals surface area contributed by atoms with Crippen molar-refractivity contribution in [2.75, 3.05) is 19.7 Å². The van der Waals surface area contributed by atoms with E-state index < -0.39 is 22.5 Å². The second kappa shape index (κ2) is 12.7. The maximum atomic E-state index is 14.3. The number of aryl methyl sites for hydroxylation is 1. The fraction of sp³-hybridized carbons (Fsp3) is 0.257. The summed E-state index contributed by atoms with van der Waals surface area (Å²) in [5.74, 6) is -0.431. The number of carbonyl (C=O) groups excluding carboxylic acids is 1. The average Bonchev–Trinajstić information content (AvgIpc) is 3.55. The predicted molar refractivity (Wildman–Crippen MR) is 170 cm³/mol. The van der Waals surface area contributed by atoms with Gasteiger partial charge in [0.15, 0.2) is 5.43 Å². The zero-order valence-corrected chi connectivity index (χ0v) is 25.3. The molecule has 1 saturated heterocycles. The van der Waals surface area contributed by atoms with E-state index in [1.165, 1.54) is 15.5 Å². The van der Waals surface area contributed by atoms with Crippen molar-refractivity contribution in [3.63, 3.8) is 0 Å². The van der Waals surface area contributed by atoms with Crippen molar-refractivity contribution in [3.8, 4) is 0 Å². The minimum Gasteiger partial charge on any atom is -0.464 e. The largest absolute Gasteiger partial charge is 0.464 e. The number of amides is 1. The van der Waals surface area contributed by atoms with Crippen molar-refractivity contribution in [3.05, 3.63) is 124 Å². The van der Waals surface area contributed by atoms with Crippen LogP contribution in [0.2, 0.25) is 0 Å². The van der Waals surface area contributed by atoms with Gasteiger partial charge in [-0.05, 0) is 48.9 Å². The summed E-state index contributed by atoms with van der Waals surface area (Å²) in [6, 6.07) is 27.3. The first-order valence-electron chi connectivity index (χ1n) is 14.7. The molecule has 5 aromatic rings. The molecule has 0 saturated carbocycles. The molecule has 8 nitrogen and oxygen atoms in total. The highest BCUT2D eigenvalue weighted by atomic mass is 32.2. The minimum atomic E-state index is -4.11. The number of benzene rings is 4. The van der Waals surface area contributed by atoms with Crippen molar-refractivity contribution in [1.29, 1.82) is 0 Å². The summed E-state index contributed by atoms with van der Waals surface area (Å²) in [6.07, 6.45) is 2.62. The van der Waals surface area contributed by atoms with Crippen LogP contribution in [0.4, 0.5) is 0 Å². The zero-order valence-electron chi connectivity index (χ0n) is 24.5. The third-order valence-corrected chi connectivity index (χ3v) is 9.91. The van der Waals surface area contributed by atoms with Crippen LogP contribution in [0.1, 0.15) is 29.5 Å². The Morgan fingerprint density at radius 1 is 0.909 bits per heavy atom. The maximum Gasteiger partial charge on any atom is 0.244 e. The normalized spacial score (nSPS) is 15.3. The summed E-state index contributed by atoms with van der Waals surface area (Å²) in [4.78, 5) is 29.3. The van der Waals surface area contributed by atoms with Gasteiger partial charge in [-0.1, -0.05) is 78.4 Å². The number of rotatable bonds is 10. The molecule has 1 aliphatic rings. The molecule has 0 N–H and O–H groups in total.